The molecule has 2 aromatic rings. The van der Waals surface area contributed by atoms with E-state index in [0.717, 1.165) is 17.8 Å². The summed E-state index contributed by atoms with van der Waals surface area (Å²) in [7, 11) is 1.93. The van der Waals surface area contributed by atoms with Gasteiger partial charge in [0.25, 0.3) is 0 Å². The molecule has 0 bridgehead atoms. The van der Waals surface area contributed by atoms with Crippen LogP contribution in [0, 0.1) is 0 Å². The lowest BCUT2D eigenvalue weighted by Gasteiger charge is -2.11. The molecule has 0 radical (unpaired) electrons. The maximum Gasteiger partial charge on any atom is 0.0416 e. The van der Waals surface area contributed by atoms with Crippen molar-refractivity contribution in [3.05, 3.63) is 54.1 Å². The number of para-hydroxylation sites is 1. The molecule has 0 amide bonds. The maximum absolute atomic E-state index is 3.45. The number of aryl methyl sites for hydroxylation is 1. The molecule has 88 valence electrons. The largest absolute Gasteiger partial charge is 0.388 e. The van der Waals surface area contributed by atoms with Gasteiger partial charge in [0.15, 0.2) is 0 Å². The number of nitrogens with one attached hydrogen (secondary N) is 2. The first-order chi connectivity index (χ1) is 8.33. The minimum absolute atomic E-state index is 1.04. The second kappa shape index (κ2) is 5.39. The Kier molecular flexibility index (Phi) is 3.66. The standard InChI is InChI=1S/C15H18N2/c1-3-12-6-4-5-7-15(12)17-14-10-8-13(16-2)9-11-14/h4-11,16-17H,3H2,1-2H3. The smallest absolute Gasteiger partial charge is 0.0416 e. The summed E-state index contributed by atoms with van der Waals surface area (Å²) < 4.78 is 0. The van der Waals surface area contributed by atoms with Crippen LogP contribution in [-0.2, 0) is 6.42 Å². The molecule has 0 fully saturated rings. The number of benzene rings is 2. The van der Waals surface area contributed by atoms with E-state index in [0.29, 0.717) is 0 Å². The Morgan fingerprint density at radius 1 is 0.882 bits per heavy atom. The van der Waals surface area contributed by atoms with Gasteiger partial charge in [-0.3, -0.25) is 0 Å². The Hall–Kier alpha value is -1.96. The third kappa shape index (κ3) is 2.78. The van der Waals surface area contributed by atoms with Crippen LogP contribution in [0.1, 0.15) is 12.5 Å². The molecule has 0 atom stereocenters. The van der Waals surface area contributed by atoms with Gasteiger partial charge in [-0.25, -0.2) is 0 Å². The normalized spacial score (nSPS) is 10.0. The average molecular weight is 226 g/mol. The van der Waals surface area contributed by atoms with Crippen LogP contribution in [-0.4, -0.2) is 7.05 Å². The number of rotatable bonds is 4. The number of hydrogen-bond acceptors (Lipinski definition) is 2. The van der Waals surface area contributed by atoms with Gasteiger partial charge in [0, 0.05) is 24.1 Å². The highest BCUT2D eigenvalue weighted by Gasteiger charge is 1.99. The van der Waals surface area contributed by atoms with Gasteiger partial charge < -0.3 is 10.6 Å². The molecule has 17 heavy (non-hydrogen) atoms. The van der Waals surface area contributed by atoms with Gasteiger partial charge in [-0.1, -0.05) is 25.1 Å². The Morgan fingerprint density at radius 2 is 1.53 bits per heavy atom. The highest BCUT2D eigenvalue weighted by atomic mass is 14.9. The highest BCUT2D eigenvalue weighted by Crippen LogP contribution is 2.22. The van der Waals surface area contributed by atoms with Crippen LogP contribution >= 0.6 is 0 Å². The number of hydrogen-bond donors (Lipinski definition) is 2. The molecule has 0 aliphatic carbocycles. The quantitative estimate of drug-likeness (QED) is 0.822. The summed E-state index contributed by atoms with van der Waals surface area (Å²) in [5.74, 6) is 0. The summed E-state index contributed by atoms with van der Waals surface area (Å²) in [5.41, 5.74) is 4.77. The summed E-state index contributed by atoms with van der Waals surface area (Å²) >= 11 is 0. The van der Waals surface area contributed by atoms with E-state index in [9.17, 15) is 0 Å². The third-order valence-electron chi connectivity index (χ3n) is 2.85. The summed E-state index contributed by atoms with van der Waals surface area (Å²) in [5, 5.41) is 6.56. The molecule has 2 N–H and O–H groups in total. The Balaban J connectivity index is 2.19. The first kappa shape index (κ1) is 11.5. The van der Waals surface area contributed by atoms with Crippen LogP contribution in [0.2, 0.25) is 0 Å². The molecule has 0 unspecified atom stereocenters. The lowest BCUT2D eigenvalue weighted by Crippen LogP contribution is -1.95. The van der Waals surface area contributed by atoms with Crippen molar-refractivity contribution in [2.24, 2.45) is 0 Å². The van der Waals surface area contributed by atoms with Crippen LogP contribution in [0.4, 0.5) is 17.1 Å². The van der Waals surface area contributed by atoms with E-state index in [1.165, 1.54) is 11.3 Å². The minimum atomic E-state index is 1.04. The zero-order valence-electron chi connectivity index (χ0n) is 10.3. The van der Waals surface area contributed by atoms with Crippen LogP contribution in [0.25, 0.3) is 0 Å². The first-order valence-electron chi connectivity index (χ1n) is 5.96. The average Bonchev–Trinajstić information content (AvgIpc) is 2.40. The van der Waals surface area contributed by atoms with E-state index < -0.39 is 0 Å². The van der Waals surface area contributed by atoms with Gasteiger partial charge in [0.05, 0.1) is 0 Å². The summed E-state index contributed by atoms with van der Waals surface area (Å²) in [6, 6.07) is 16.7. The Bertz CT molecular complexity index is 475. The van der Waals surface area contributed by atoms with E-state index in [4.69, 9.17) is 0 Å². The van der Waals surface area contributed by atoms with Gasteiger partial charge >= 0.3 is 0 Å². The van der Waals surface area contributed by atoms with Crippen molar-refractivity contribution in [3.8, 4) is 0 Å². The predicted octanol–water partition coefficient (Wildman–Crippen LogP) is 4.03. The van der Waals surface area contributed by atoms with Crippen molar-refractivity contribution in [3.63, 3.8) is 0 Å². The highest BCUT2D eigenvalue weighted by molar-refractivity contribution is 5.65. The third-order valence-corrected chi connectivity index (χ3v) is 2.85. The van der Waals surface area contributed by atoms with Crippen molar-refractivity contribution in [1.82, 2.24) is 0 Å². The van der Waals surface area contributed by atoms with E-state index in [1.54, 1.807) is 0 Å². The van der Waals surface area contributed by atoms with Crippen molar-refractivity contribution in [1.29, 1.82) is 0 Å². The molecule has 2 rings (SSSR count). The first-order valence-corrected chi connectivity index (χ1v) is 5.96. The topological polar surface area (TPSA) is 24.1 Å². The predicted molar refractivity (Wildman–Crippen MR) is 75.1 cm³/mol. The monoisotopic (exact) mass is 226 g/mol. The van der Waals surface area contributed by atoms with Gasteiger partial charge in [0.1, 0.15) is 0 Å². The summed E-state index contributed by atoms with van der Waals surface area (Å²) in [4.78, 5) is 0. The number of anilines is 3. The molecule has 0 aromatic heterocycles. The fourth-order valence-electron chi connectivity index (χ4n) is 1.83. The lowest BCUT2D eigenvalue weighted by atomic mass is 10.1. The Morgan fingerprint density at radius 3 is 2.18 bits per heavy atom. The molecule has 0 aliphatic rings. The SMILES string of the molecule is CCc1ccccc1Nc1ccc(NC)cc1. The molecule has 0 aliphatic heterocycles. The van der Waals surface area contributed by atoms with Crippen molar-refractivity contribution < 1.29 is 0 Å². The van der Waals surface area contributed by atoms with Gasteiger partial charge in [-0.05, 0) is 42.3 Å². The molecular weight excluding hydrogens is 208 g/mol. The lowest BCUT2D eigenvalue weighted by molar-refractivity contribution is 1.14. The molecule has 2 aromatic carbocycles. The van der Waals surface area contributed by atoms with Crippen LogP contribution in [0.3, 0.4) is 0 Å². The molecule has 0 spiro atoms. The molecule has 0 heterocycles. The van der Waals surface area contributed by atoms with E-state index >= 15 is 0 Å². The van der Waals surface area contributed by atoms with E-state index in [2.05, 4.69) is 66.1 Å². The zero-order chi connectivity index (χ0) is 12.1. The van der Waals surface area contributed by atoms with Gasteiger partial charge in [-0.2, -0.15) is 0 Å². The van der Waals surface area contributed by atoms with E-state index in [-0.39, 0.29) is 0 Å². The molecule has 2 heteroatoms. The molecule has 2 nitrogen and oxygen atoms in total. The maximum atomic E-state index is 3.45. The van der Waals surface area contributed by atoms with Crippen molar-refractivity contribution in [2.75, 3.05) is 17.7 Å². The molecule has 0 saturated heterocycles. The van der Waals surface area contributed by atoms with Crippen molar-refractivity contribution >= 4 is 17.1 Å². The fraction of sp³-hybridized carbons (Fsp3) is 0.200. The fourth-order valence-corrected chi connectivity index (χ4v) is 1.83. The van der Waals surface area contributed by atoms with Crippen molar-refractivity contribution in [2.45, 2.75) is 13.3 Å². The molecular formula is C15H18N2. The summed E-state index contributed by atoms with van der Waals surface area (Å²) in [6.07, 6.45) is 1.04. The minimum Gasteiger partial charge on any atom is -0.388 e. The molecule has 0 saturated carbocycles. The zero-order valence-corrected chi connectivity index (χ0v) is 10.3. The van der Waals surface area contributed by atoms with Crippen LogP contribution in [0.5, 0.6) is 0 Å². The van der Waals surface area contributed by atoms with Gasteiger partial charge in [0.2, 0.25) is 0 Å². The summed E-state index contributed by atoms with van der Waals surface area (Å²) in [6.45, 7) is 2.17. The second-order valence-electron chi connectivity index (χ2n) is 3.96. The van der Waals surface area contributed by atoms with Crippen LogP contribution in [0.15, 0.2) is 48.5 Å². The van der Waals surface area contributed by atoms with Crippen LogP contribution < -0.4 is 10.6 Å². The van der Waals surface area contributed by atoms with Gasteiger partial charge in [-0.15, -0.1) is 0 Å². The Labute approximate surface area is 103 Å². The second-order valence-corrected chi connectivity index (χ2v) is 3.96. The van der Waals surface area contributed by atoms with E-state index in [1.807, 2.05) is 7.05 Å².